The van der Waals surface area contributed by atoms with Gasteiger partial charge in [-0.3, -0.25) is 9.59 Å². The number of nitrogens with zero attached hydrogens (tertiary/aromatic N) is 1. The molecule has 0 spiro atoms. The lowest BCUT2D eigenvalue weighted by molar-refractivity contribution is -0.123. The van der Waals surface area contributed by atoms with Crippen molar-refractivity contribution < 1.29 is 9.59 Å². The fraction of sp³-hybridized carbons (Fsp3) is 0.300. The second-order valence-corrected chi connectivity index (χ2v) is 5.83. The predicted molar refractivity (Wildman–Crippen MR) is 96.9 cm³/mol. The van der Waals surface area contributed by atoms with Crippen LogP contribution in [0.4, 0.5) is 5.69 Å². The number of hydrogen-bond acceptors (Lipinski definition) is 2. The largest absolute Gasteiger partial charge is 0.350 e. The highest BCUT2D eigenvalue weighted by Crippen LogP contribution is 2.16. The molecule has 0 unspecified atom stereocenters. The summed E-state index contributed by atoms with van der Waals surface area (Å²) in [5, 5.41) is 2.88. The fourth-order valence-electron chi connectivity index (χ4n) is 2.50. The summed E-state index contributed by atoms with van der Waals surface area (Å²) in [7, 11) is 0. The SMILES string of the molecule is CCc1ccc(N(CC(=O)NCc2ccccc2C)C(C)=O)cc1. The van der Waals surface area contributed by atoms with E-state index in [9.17, 15) is 9.59 Å². The molecule has 24 heavy (non-hydrogen) atoms. The zero-order valence-electron chi connectivity index (χ0n) is 14.5. The Morgan fingerprint density at radius 1 is 1.04 bits per heavy atom. The van der Waals surface area contributed by atoms with Gasteiger partial charge in [0.1, 0.15) is 6.54 Å². The highest BCUT2D eigenvalue weighted by Gasteiger charge is 2.15. The van der Waals surface area contributed by atoms with E-state index < -0.39 is 0 Å². The Morgan fingerprint density at radius 2 is 1.71 bits per heavy atom. The van der Waals surface area contributed by atoms with Crippen LogP contribution >= 0.6 is 0 Å². The molecule has 1 N–H and O–H groups in total. The van der Waals surface area contributed by atoms with Gasteiger partial charge in [-0.25, -0.2) is 0 Å². The Balaban J connectivity index is 2.00. The van der Waals surface area contributed by atoms with Gasteiger partial charge in [-0.2, -0.15) is 0 Å². The quantitative estimate of drug-likeness (QED) is 0.887. The Labute approximate surface area is 143 Å². The van der Waals surface area contributed by atoms with E-state index in [0.717, 1.165) is 23.2 Å². The molecule has 2 rings (SSSR count). The average Bonchev–Trinajstić information content (AvgIpc) is 2.59. The molecule has 0 heterocycles. The Morgan fingerprint density at radius 3 is 2.29 bits per heavy atom. The number of benzene rings is 2. The number of rotatable bonds is 6. The van der Waals surface area contributed by atoms with Crippen molar-refractivity contribution in [3.8, 4) is 0 Å². The van der Waals surface area contributed by atoms with Gasteiger partial charge in [0.2, 0.25) is 11.8 Å². The molecular weight excluding hydrogens is 300 g/mol. The van der Waals surface area contributed by atoms with Crippen molar-refractivity contribution in [2.45, 2.75) is 33.7 Å². The molecule has 0 fully saturated rings. The van der Waals surface area contributed by atoms with Gasteiger partial charge in [-0.05, 0) is 42.2 Å². The summed E-state index contributed by atoms with van der Waals surface area (Å²) in [6.45, 7) is 6.05. The molecule has 126 valence electrons. The van der Waals surface area contributed by atoms with E-state index in [0.29, 0.717) is 6.54 Å². The molecule has 0 aliphatic carbocycles. The van der Waals surface area contributed by atoms with Crippen LogP contribution in [0.3, 0.4) is 0 Å². The van der Waals surface area contributed by atoms with E-state index in [4.69, 9.17) is 0 Å². The van der Waals surface area contributed by atoms with Gasteiger partial charge < -0.3 is 10.2 Å². The van der Waals surface area contributed by atoms with E-state index >= 15 is 0 Å². The zero-order valence-corrected chi connectivity index (χ0v) is 14.5. The van der Waals surface area contributed by atoms with Gasteiger partial charge >= 0.3 is 0 Å². The maximum absolute atomic E-state index is 12.2. The summed E-state index contributed by atoms with van der Waals surface area (Å²) in [5.74, 6) is -0.321. The minimum absolute atomic E-state index is 0.0205. The number of amides is 2. The second-order valence-electron chi connectivity index (χ2n) is 5.83. The lowest BCUT2D eigenvalue weighted by Gasteiger charge is -2.21. The van der Waals surface area contributed by atoms with Crippen molar-refractivity contribution in [1.29, 1.82) is 0 Å². The van der Waals surface area contributed by atoms with Crippen LogP contribution in [-0.2, 0) is 22.6 Å². The number of hydrogen-bond donors (Lipinski definition) is 1. The molecule has 4 nitrogen and oxygen atoms in total. The highest BCUT2D eigenvalue weighted by molar-refractivity contribution is 5.97. The second kappa shape index (κ2) is 8.29. The smallest absolute Gasteiger partial charge is 0.240 e. The maximum atomic E-state index is 12.2. The van der Waals surface area contributed by atoms with Gasteiger partial charge in [0, 0.05) is 19.2 Å². The van der Waals surface area contributed by atoms with Crippen molar-refractivity contribution in [2.75, 3.05) is 11.4 Å². The lowest BCUT2D eigenvalue weighted by Crippen LogP contribution is -2.39. The summed E-state index contributed by atoms with van der Waals surface area (Å²) in [6.07, 6.45) is 0.942. The molecule has 0 aliphatic heterocycles. The first kappa shape index (κ1) is 17.7. The summed E-state index contributed by atoms with van der Waals surface area (Å²) >= 11 is 0. The Kier molecular flexibility index (Phi) is 6.13. The normalized spacial score (nSPS) is 10.3. The third-order valence-corrected chi connectivity index (χ3v) is 4.08. The molecule has 2 aromatic rings. The summed E-state index contributed by atoms with van der Waals surface area (Å²) in [6, 6.07) is 15.7. The van der Waals surface area contributed by atoms with Crippen molar-refractivity contribution in [2.24, 2.45) is 0 Å². The number of carbonyl (C=O) groups excluding carboxylic acids is 2. The molecule has 4 heteroatoms. The van der Waals surface area contributed by atoms with Gasteiger partial charge in [0.25, 0.3) is 0 Å². The minimum atomic E-state index is -0.173. The summed E-state index contributed by atoms with van der Waals surface area (Å²) in [5.41, 5.74) is 4.15. The van der Waals surface area contributed by atoms with Crippen molar-refractivity contribution in [1.82, 2.24) is 5.32 Å². The topological polar surface area (TPSA) is 49.4 Å². The summed E-state index contributed by atoms with van der Waals surface area (Å²) < 4.78 is 0. The van der Waals surface area contributed by atoms with Crippen molar-refractivity contribution in [3.05, 3.63) is 65.2 Å². The van der Waals surface area contributed by atoms with Gasteiger partial charge in [-0.1, -0.05) is 43.3 Å². The van der Waals surface area contributed by atoms with E-state index in [2.05, 4.69) is 12.2 Å². The van der Waals surface area contributed by atoms with Crippen LogP contribution in [0.5, 0.6) is 0 Å². The van der Waals surface area contributed by atoms with E-state index in [-0.39, 0.29) is 18.4 Å². The summed E-state index contributed by atoms with van der Waals surface area (Å²) in [4.78, 5) is 25.6. The third kappa shape index (κ3) is 4.69. The van der Waals surface area contributed by atoms with Crippen LogP contribution in [0.15, 0.2) is 48.5 Å². The lowest BCUT2D eigenvalue weighted by atomic mass is 10.1. The molecule has 2 amide bonds. The number of aryl methyl sites for hydroxylation is 2. The van der Waals surface area contributed by atoms with Crippen LogP contribution in [0.1, 0.15) is 30.5 Å². The predicted octanol–water partition coefficient (Wildman–Crippen LogP) is 3.23. The van der Waals surface area contributed by atoms with E-state index in [1.807, 2.05) is 55.5 Å². The number of anilines is 1. The van der Waals surface area contributed by atoms with Crippen LogP contribution in [0.2, 0.25) is 0 Å². The highest BCUT2D eigenvalue weighted by atomic mass is 16.2. The maximum Gasteiger partial charge on any atom is 0.240 e. The molecule has 2 aromatic carbocycles. The van der Waals surface area contributed by atoms with Crippen LogP contribution in [0, 0.1) is 6.92 Å². The fourth-order valence-corrected chi connectivity index (χ4v) is 2.50. The third-order valence-electron chi connectivity index (χ3n) is 4.08. The molecule has 0 bridgehead atoms. The minimum Gasteiger partial charge on any atom is -0.350 e. The Bertz CT molecular complexity index is 708. The molecular formula is C20H24N2O2. The standard InChI is InChI=1S/C20H24N2O2/c1-4-17-9-11-19(12-10-17)22(16(3)23)14-20(24)21-13-18-8-6-5-7-15(18)2/h5-12H,4,13-14H2,1-3H3,(H,21,24). The van der Waals surface area contributed by atoms with Gasteiger partial charge in [0.15, 0.2) is 0 Å². The molecule has 0 atom stereocenters. The van der Waals surface area contributed by atoms with Crippen molar-refractivity contribution in [3.63, 3.8) is 0 Å². The molecule has 0 aromatic heterocycles. The van der Waals surface area contributed by atoms with Crippen LogP contribution in [-0.4, -0.2) is 18.4 Å². The first-order chi connectivity index (χ1) is 11.5. The molecule has 0 saturated carbocycles. The van der Waals surface area contributed by atoms with E-state index in [1.165, 1.54) is 17.4 Å². The zero-order chi connectivity index (χ0) is 17.5. The van der Waals surface area contributed by atoms with Crippen LogP contribution in [0.25, 0.3) is 0 Å². The number of nitrogens with one attached hydrogen (secondary N) is 1. The first-order valence-electron chi connectivity index (χ1n) is 8.19. The first-order valence-corrected chi connectivity index (χ1v) is 8.19. The van der Waals surface area contributed by atoms with Gasteiger partial charge in [0.05, 0.1) is 0 Å². The number of carbonyl (C=O) groups is 2. The average molecular weight is 324 g/mol. The Hall–Kier alpha value is -2.62. The molecule has 0 radical (unpaired) electrons. The molecule has 0 aliphatic rings. The van der Waals surface area contributed by atoms with Crippen LogP contribution < -0.4 is 10.2 Å². The monoisotopic (exact) mass is 324 g/mol. The van der Waals surface area contributed by atoms with Gasteiger partial charge in [-0.15, -0.1) is 0 Å². The van der Waals surface area contributed by atoms with E-state index in [1.54, 1.807) is 0 Å². The van der Waals surface area contributed by atoms with Crippen molar-refractivity contribution >= 4 is 17.5 Å². The molecule has 0 saturated heterocycles.